The molecule has 94 valence electrons. The van der Waals surface area contributed by atoms with Crippen molar-refractivity contribution in [3.05, 3.63) is 27.8 Å². The first-order valence-corrected chi connectivity index (χ1v) is 4.96. The highest BCUT2D eigenvalue weighted by Crippen LogP contribution is 2.43. The number of nitro groups is 1. The number of nitrogens with zero attached hydrogens (tertiary/aromatic N) is 1. The van der Waals surface area contributed by atoms with E-state index in [0.29, 0.717) is 11.5 Å². The molecule has 2 rings (SSSR count). The van der Waals surface area contributed by atoms with E-state index in [2.05, 4.69) is 0 Å². The zero-order chi connectivity index (χ0) is 11.9. The Bertz CT molecular complexity index is 448. The van der Waals surface area contributed by atoms with Gasteiger partial charge in [-0.1, -0.05) is 0 Å². The Morgan fingerprint density at radius 2 is 2.00 bits per heavy atom. The molecule has 0 radical (unpaired) electrons. The predicted octanol–water partition coefficient (Wildman–Crippen LogP) is 1.84. The summed E-state index contributed by atoms with van der Waals surface area (Å²) in [5.74, 6) is -0.888. The zero-order valence-electron chi connectivity index (χ0n) is 8.87. The maximum Gasteiger partial charge on any atom is 0.314 e. The normalized spacial score (nSPS) is 16.1. The minimum Gasteiger partial charge on any atom is -0.504 e. The van der Waals surface area contributed by atoms with Gasteiger partial charge in [0.15, 0.2) is 5.75 Å². The molecular formula is C10H13ClN2O4. The minimum atomic E-state index is -0.738. The topological polar surface area (TPSA) is 110 Å². The second-order valence-electron chi connectivity index (χ2n) is 4.03. The van der Waals surface area contributed by atoms with Gasteiger partial charge in [0.05, 0.1) is 4.92 Å². The van der Waals surface area contributed by atoms with Gasteiger partial charge in [-0.3, -0.25) is 10.1 Å². The van der Waals surface area contributed by atoms with Crippen molar-refractivity contribution in [3.63, 3.8) is 0 Å². The van der Waals surface area contributed by atoms with Crippen molar-refractivity contribution in [2.45, 2.75) is 18.9 Å². The van der Waals surface area contributed by atoms with Crippen molar-refractivity contribution < 1.29 is 15.1 Å². The average molecular weight is 261 g/mol. The lowest BCUT2D eigenvalue weighted by atomic mass is 10.0. The fourth-order valence-corrected chi connectivity index (χ4v) is 1.68. The van der Waals surface area contributed by atoms with E-state index in [9.17, 15) is 20.3 Å². The first-order valence-electron chi connectivity index (χ1n) is 4.96. The van der Waals surface area contributed by atoms with Crippen molar-refractivity contribution in [2.75, 3.05) is 0 Å². The van der Waals surface area contributed by atoms with Crippen LogP contribution in [0.4, 0.5) is 5.69 Å². The number of halogens is 1. The number of benzene rings is 1. The molecule has 1 aliphatic carbocycles. The van der Waals surface area contributed by atoms with Crippen LogP contribution in [0.15, 0.2) is 12.1 Å². The fraction of sp³-hybridized carbons (Fsp3) is 0.400. The third kappa shape index (κ3) is 2.59. The molecule has 0 amide bonds. The SMILES string of the molecule is Cl.N[C@H](c1cc(O)c(O)c([N+](=O)[O-])c1)C1CC1. The summed E-state index contributed by atoms with van der Waals surface area (Å²) in [5.41, 5.74) is 5.85. The van der Waals surface area contributed by atoms with Crippen LogP contribution in [0.2, 0.25) is 0 Å². The number of nitro benzene ring substituents is 1. The summed E-state index contributed by atoms with van der Waals surface area (Å²) in [4.78, 5) is 9.89. The van der Waals surface area contributed by atoms with Crippen LogP contribution >= 0.6 is 12.4 Å². The Balaban J connectivity index is 0.00000144. The smallest absolute Gasteiger partial charge is 0.314 e. The minimum absolute atomic E-state index is 0. The quantitative estimate of drug-likeness (QED) is 0.436. The van der Waals surface area contributed by atoms with Gasteiger partial charge in [0.2, 0.25) is 5.75 Å². The van der Waals surface area contributed by atoms with Crippen molar-refractivity contribution in [3.8, 4) is 11.5 Å². The Hall–Kier alpha value is -1.53. The Kier molecular flexibility index (Phi) is 3.79. The van der Waals surface area contributed by atoms with Gasteiger partial charge in [-0.05, 0) is 30.4 Å². The largest absolute Gasteiger partial charge is 0.504 e. The molecule has 0 aromatic heterocycles. The second kappa shape index (κ2) is 4.77. The molecule has 0 bridgehead atoms. The van der Waals surface area contributed by atoms with Crippen molar-refractivity contribution in [2.24, 2.45) is 11.7 Å². The molecule has 17 heavy (non-hydrogen) atoms. The number of phenols is 2. The van der Waals surface area contributed by atoms with Crippen molar-refractivity contribution in [1.29, 1.82) is 0 Å². The summed E-state index contributed by atoms with van der Waals surface area (Å²) in [7, 11) is 0. The number of hydrogen-bond acceptors (Lipinski definition) is 5. The molecule has 1 saturated carbocycles. The number of rotatable bonds is 3. The van der Waals surface area contributed by atoms with Crippen molar-refractivity contribution >= 4 is 18.1 Å². The third-order valence-corrected chi connectivity index (χ3v) is 2.80. The maximum absolute atomic E-state index is 10.6. The van der Waals surface area contributed by atoms with Gasteiger partial charge in [0.1, 0.15) is 0 Å². The van der Waals surface area contributed by atoms with Crippen molar-refractivity contribution in [1.82, 2.24) is 0 Å². The van der Waals surface area contributed by atoms with Crippen LogP contribution in [-0.4, -0.2) is 15.1 Å². The summed E-state index contributed by atoms with van der Waals surface area (Å²) >= 11 is 0. The first kappa shape index (κ1) is 13.5. The third-order valence-electron chi connectivity index (χ3n) is 2.80. The molecule has 0 heterocycles. The molecule has 7 heteroatoms. The predicted molar refractivity (Wildman–Crippen MR) is 63.3 cm³/mol. The van der Waals surface area contributed by atoms with E-state index in [1.807, 2.05) is 0 Å². The maximum atomic E-state index is 10.6. The van der Waals surface area contributed by atoms with Crippen LogP contribution < -0.4 is 5.73 Å². The lowest BCUT2D eigenvalue weighted by Crippen LogP contribution is -2.12. The van der Waals surface area contributed by atoms with Gasteiger partial charge in [-0.15, -0.1) is 12.4 Å². The van der Waals surface area contributed by atoms with Crippen LogP contribution in [0.5, 0.6) is 11.5 Å². The van der Waals surface area contributed by atoms with Crippen LogP contribution in [0, 0.1) is 16.0 Å². The monoisotopic (exact) mass is 260 g/mol. The molecule has 0 saturated heterocycles. The van der Waals surface area contributed by atoms with Gasteiger partial charge in [0, 0.05) is 12.1 Å². The average Bonchev–Trinajstić information content (AvgIpc) is 3.03. The molecule has 1 fully saturated rings. The van der Waals surface area contributed by atoms with E-state index in [1.165, 1.54) is 12.1 Å². The Labute approximate surface area is 104 Å². The first-order chi connectivity index (χ1) is 7.50. The van der Waals surface area contributed by atoms with E-state index in [4.69, 9.17) is 5.73 Å². The molecule has 1 aliphatic rings. The second-order valence-corrected chi connectivity index (χ2v) is 4.03. The number of phenolic OH excluding ortho intramolecular Hbond substituents is 2. The summed E-state index contributed by atoms with van der Waals surface area (Å²) in [6.07, 6.45) is 1.99. The van der Waals surface area contributed by atoms with Gasteiger partial charge >= 0.3 is 5.69 Å². The summed E-state index contributed by atoms with van der Waals surface area (Å²) in [6, 6.07) is 2.19. The fourth-order valence-electron chi connectivity index (χ4n) is 1.68. The number of hydrogen-bond donors (Lipinski definition) is 3. The van der Waals surface area contributed by atoms with Crippen LogP contribution in [0.1, 0.15) is 24.4 Å². The lowest BCUT2D eigenvalue weighted by molar-refractivity contribution is -0.386. The number of aromatic hydroxyl groups is 2. The molecule has 0 spiro atoms. The van der Waals surface area contributed by atoms with Gasteiger partial charge in [-0.2, -0.15) is 0 Å². The molecule has 1 aromatic rings. The van der Waals surface area contributed by atoms with Crippen LogP contribution in [0.25, 0.3) is 0 Å². The zero-order valence-corrected chi connectivity index (χ0v) is 9.68. The highest BCUT2D eigenvalue weighted by molar-refractivity contribution is 5.85. The molecule has 6 nitrogen and oxygen atoms in total. The van der Waals surface area contributed by atoms with E-state index in [0.717, 1.165) is 12.8 Å². The van der Waals surface area contributed by atoms with Crippen LogP contribution in [0.3, 0.4) is 0 Å². The van der Waals surface area contributed by atoms with Gasteiger partial charge in [-0.25, -0.2) is 0 Å². The lowest BCUT2D eigenvalue weighted by Gasteiger charge is -2.11. The summed E-state index contributed by atoms with van der Waals surface area (Å²) in [5, 5.41) is 29.3. The Morgan fingerprint density at radius 1 is 1.41 bits per heavy atom. The highest BCUT2D eigenvalue weighted by Gasteiger charge is 2.31. The van der Waals surface area contributed by atoms with E-state index >= 15 is 0 Å². The highest BCUT2D eigenvalue weighted by atomic mass is 35.5. The molecule has 0 aliphatic heterocycles. The molecule has 1 atom stereocenters. The van der Waals surface area contributed by atoms with Gasteiger partial charge in [0.25, 0.3) is 0 Å². The number of nitrogens with two attached hydrogens (primary N) is 1. The molecular weight excluding hydrogens is 248 g/mol. The molecule has 4 N–H and O–H groups in total. The molecule has 1 aromatic carbocycles. The van der Waals surface area contributed by atoms with E-state index in [-0.39, 0.29) is 18.4 Å². The summed E-state index contributed by atoms with van der Waals surface area (Å²) < 4.78 is 0. The molecule has 0 unspecified atom stereocenters. The van der Waals surface area contributed by atoms with Gasteiger partial charge < -0.3 is 15.9 Å². The van der Waals surface area contributed by atoms with E-state index in [1.54, 1.807) is 0 Å². The summed E-state index contributed by atoms with van der Waals surface area (Å²) in [6.45, 7) is 0. The van der Waals surface area contributed by atoms with Crippen LogP contribution in [-0.2, 0) is 0 Å². The Morgan fingerprint density at radius 3 is 2.47 bits per heavy atom. The van der Waals surface area contributed by atoms with E-state index < -0.39 is 22.1 Å². The standard InChI is InChI=1S/C10H12N2O4.ClH/c11-9(5-1-2-5)6-3-7(12(15)16)10(14)8(13)4-6;/h3-5,9,13-14H,1-2,11H2;1H/t9-;/m0./s1.